The van der Waals surface area contributed by atoms with Crippen LogP contribution < -0.4 is 0 Å². The van der Waals surface area contributed by atoms with Gasteiger partial charge in [-0.1, -0.05) is 0 Å². The molecule has 0 aliphatic heterocycles. The van der Waals surface area contributed by atoms with Crippen molar-refractivity contribution in [1.29, 1.82) is 0 Å². The lowest BCUT2D eigenvalue weighted by atomic mass is 10.2. The van der Waals surface area contributed by atoms with Gasteiger partial charge in [0, 0.05) is 14.2 Å². The molecule has 6 heteroatoms. The maximum absolute atomic E-state index is 11.4. The van der Waals surface area contributed by atoms with Crippen molar-refractivity contribution in [3.63, 3.8) is 0 Å². The SMILES string of the molecule is COP(=O)(OC)C(=O)OC(C)(C)C. The fourth-order valence-electron chi connectivity index (χ4n) is 0.541. The molecule has 0 radical (unpaired) electrons. The van der Waals surface area contributed by atoms with Crippen molar-refractivity contribution in [3.05, 3.63) is 0 Å². The molecule has 0 saturated carbocycles. The Balaban J connectivity index is 4.51. The van der Waals surface area contributed by atoms with Gasteiger partial charge in [-0.15, -0.1) is 0 Å². The molecule has 0 aliphatic carbocycles. The van der Waals surface area contributed by atoms with Crippen LogP contribution in [0.3, 0.4) is 0 Å². The van der Waals surface area contributed by atoms with Gasteiger partial charge in [0.1, 0.15) is 5.60 Å². The van der Waals surface area contributed by atoms with Gasteiger partial charge in [-0.2, -0.15) is 0 Å². The minimum Gasteiger partial charge on any atom is -0.451 e. The van der Waals surface area contributed by atoms with Gasteiger partial charge in [0.2, 0.25) is 0 Å². The summed E-state index contributed by atoms with van der Waals surface area (Å²) in [6.07, 6.45) is 0. The first-order chi connectivity index (χ1) is 5.75. The third-order valence-electron chi connectivity index (χ3n) is 1.10. The van der Waals surface area contributed by atoms with Crippen molar-refractivity contribution in [2.24, 2.45) is 0 Å². The number of rotatable bonds is 3. The highest BCUT2D eigenvalue weighted by Crippen LogP contribution is 2.49. The highest BCUT2D eigenvalue weighted by molar-refractivity contribution is 7.71. The number of carbonyl (C=O) groups excluding carboxylic acids is 1. The number of hydrogen-bond acceptors (Lipinski definition) is 5. The summed E-state index contributed by atoms with van der Waals surface area (Å²) in [7, 11) is -1.46. The molecule has 13 heavy (non-hydrogen) atoms. The van der Waals surface area contributed by atoms with E-state index in [1.807, 2.05) is 0 Å². The second-order valence-electron chi connectivity index (χ2n) is 3.34. The summed E-state index contributed by atoms with van der Waals surface area (Å²) in [5.41, 5.74) is -1.67. The summed E-state index contributed by atoms with van der Waals surface area (Å²) in [6, 6.07) is 0. The highest BCUT2D eigenvalue weighted by atomic mass is 31.2. The molecule has 0 aromatic heterocycles. The van der Waals surface area contributed by atoms with Gasteiger partial charge in [-0.05, 0) is 20.8 Å². The normalized spacial score (nSPS) is 12.7. The van der Waals surface area contributed by atoms with E-state index in [1.165, 1.54) is 0 Å². The molecule has 0 bridgehead atoms. The van der Waals surface area contributed by atoms with E-state index in [-0.39, 0.29) is 0 Å². The molecule has 0 heterocycles. The minimum atomic E-state index is -3.73. The first kappa shape index (κ1) is 12.6. The van der Waals surface area contributed by atoms with Crippen molar-refractivity contribution in [1.82, 2.24) is 0 Å². The molecule has 0 spiro atoms. The van der Waals surface area contributed by atoms with E-state index >= 15 is 0 Å². The number of carbonyl (C=O) groups is 1. The highest BCUT2D eigenvalue weighted by Gasteiger charge is 2.37. The largest absolute Gasteiger partial charge is 0.451 e. The van der Waals surface area contributed by atoms with Crippen LogP contribution in [0.4, 0.5) is 4.79 Å². The lowest BCUT2D eigenvalue weighted by molar-refractivity contribution is 0.0650. The maximum Gasteiger partial charge on any atom is 0.437 e. The summed E-state index contributed by atoms with van der Waals surface area (Å²) in [6.45, 7) is 5.00. The smallest absolute Gasteiger partial charge is 0.437 e. The summed E-state index contributed by atoms with van der Waals surface area (Å²) in [5.74, 6) is 0. The summed E-state index contributed by atoms with van der Waals surface area (Å²) in [5, 5.41) is 0. The zero-order valence-electron chi connectivity index (χ0n) is 8.49. The Morgan fingerprint density at radius 2 is 1.54 bits per heavy atom. The first-order valence-electron chi connectivity index (χ1n) is 3.70. The molecule has 0 aromatic carbocycles. The third-order valence-corrected chi connectivity index (χ3v) is 2.60. The van der Waals surface area contributed by atoms with Crippen LogP contribution in [-0.2, 0) is 18.3 Å². The zero-order chi connectivity index (χ0) is 10.7. The quantitative estimate of drug-likeness (QED) is 0.669. The van der Waals surface area contributed by atoms with Crippen molar-refractivity contribution >= 4 is 13.3 Å². The number of hydrogen-bond donors (Lipinski definition) is 0. The summed E-state index contributed by atoms with van der Waals surface area (Å²) >= 11 is 0. The predicted molar refractivity (Wildman–Crippen MR) is 47.9 cm³/mol. The molecule has 0 N–H and O–H groups in total. The Morgan fingerprint density at radius 3 is 1.77 bits per heavy atom. The van der Waals surface area contributed by atoms with Gasteiger partial charge in [0.25, 0.3) is 0 Å². The average molecular weight is 210 g/mol. The fraction of sp³-hybridized carbons (Fsp3) is 0.857. The monoisotopic (exact) mass is 210 g/mol. The molecule has 0 aliphatic rings. The lowest BCUT2D eigenvalue weighted by Gasteiger charge is -2.21. The second-order valence-corrected chi connectivity index (χ2v) is 5.43. The Hall–Kier alpha value is -0.380. The average Bonchev–Trinajstić information content (AvgIpc) is 2.00. The van der Waals surface area contributed by atoms with Crippen LogP contribution in [0.1, 0.15) is 20.8 Å². The fourth-order valence-corrected chi connectivity index (χ4v) is 1.37. The zero-order valence-corrected chi connectivity index (χ0v) is 9.38. The molecule has 0 saturated heterocycles. The maximum atomic E-state index is 11.4. The van der Waals surface area contributed by atoms with Crippen LogP contribution in [0.2, 0.25) is 0 Å². The second kappa shape index (κ2) is 4.22. The first-order valence-corrected chi connectivity index (χ1v) is 5.24. The van der Waals surface area contributed by atoms with E-state index in [1.54, 1.807) is 20.8 Å². The van der Waals surface area contributed by atoms with Crippen LogP contribution in [-0.4, -0.2) is 25.5 Å². The van der Waals surface area contributed by atoms with Gasteiger partial charge < -0.3 is 13.8 Å². The molecule has 78 valence electrons. The van der Waals surface area contributed by atoms with Crippen LogP contribution in [0.25, 0.3) is 0 Å². The molecule has 0 rings (SSSR count). The molecule has 0 atom stereocenters. The molecule has 0 unspecified atom stereocenters. The predicted octanol–water partition coefficient (Wildman–Crippen LogP) is 2.41. The molecular weight excluding hydrogens is 195 g/mol. The Kier molecular flexibility index (Phi) is 4.10. The molecular formula is C7H15O5P. The van der Waals surface area contributed by atoms with Gasteiger partial charge in [0.15, 0.2) is 0 Å². The lowest BCUT2D eigenvalue weighted by Crippen LogP contribution is -2.23. The van der Waals surface area contributed by atoms with E-state index in [0.29, 0.717) is 0 Å². The summed E-state index contributed by atoms with van der Waals surface area (Å²) < 4.78 is 25.1. The van der Waals surface area contributed by atoms with Gasteiger partial charge >= 0.3 is 13.3 Å². The Morgan fingerprint density at radius 1 is 1.15 bits per heavy atom. The van der Waals surface area contributed by atoms with E-state index in [0.717, 1.165) is 14.2 Å². The van der Waals surface area contributed by atoms with E-state index < -0.39 is 18.9 Å². The van der Waals surface area contributed by atoms with Crippen molar-refractivity contribution in [2.75, 3.05) is 14.2 Å². The van der Waals surface area contributed by atoms with E-state index in [2.05, 4.69) is 9.05 Å². The molecule has 5 nitrogen and oxygen atoms in total. The van der Waals surface area contributed by atoms with Crippen LogP contribution >= 0.6 is 7.60 Å². The van der Waals surface area contributed by atoms with Crippen LogP contribution in [0.5, 0.6) is 0 Å². The van der Waals surface area contributed by atoms with Gasteiger partial charge in [-0.3, -0.25) is 0 Å². The van der Waals surface area contributed by atoms with Crippen molar-refractivity contribution in [3.8, 4) is 0 Å². The van der Waals surface area contributed by atoms with E-state index in [9.17, 15) is 9.36 Å². The number of ether oxygens (including phenoxy) is 1. The molecule has 0 amide bonds. The van der Waals surface area contributed by atoms with Crippen LogP contribution in [0.15, 0.2) is 0 Å². The molecule has 0 fully saturated rings. The van der Waals surface area contributed by atoms with Crippen LogP contribution in [0, 0.1) is 0 Å². The third kappa shape index (κ3) is 3.89. The topological polar surface area (TPSA) is 61.8 Å². The Bertz CT molecular complexity index is 222. The van der Waals surface area contributed by atoms with Gasteiger partial charge in [0.05, 0.1) is 0 Å². The molecule has 0 aromatic rings. The minimum absolute atomic E-state index is 0.705. The standard InChI is InChI=1S/C7H15O5P/c1-7(2,3)12-6(8)13(9,10-4)11-5/h1-5H3. The van der Waals surface area contributed by atoms with Crippen molar-refractivity contribution < 1.29 is 23.1 Å². The Labute approximate surface area is 77.9 Å². The van der Waals surface area contributed by atoms with Crippen molar-refractivity contribution in [2.45, 2.75) is 26.4 Å². The summed E-state index contributed by atoms with van der Waals surface area (Å²) in [4.78, 5) is 11.2. The van der Waals surface area contributed by atoms with E-state index in [4.69, 9.17) is 4.74 Å². The van der Waals surface area contributed by atoms with Gasteiger partial charge in [-0.25, -0.2) is 9.36 Å².